The second-order valence-corrected chi connectivity index (χ2v) is 5.87. The molecule has 0 saturated heterocycles. The van der Waals surface area contributed by atoms with Crippen LogP contribution in [0.25, 0.3) is 0 Å². The molecule has 0 fully saturated rings. The van der Waals surface area contributed by atoms with Gasteiger partial charge in [-0.25, -0.2) is 0 Å². The maximum Gasteiger partial charge on any atom is 0.173 e. The van der Waals surface area contributed by atoms with Gasteiger partial charge in [0.05, 0.1) is 6.61 Å². The third-order valence-electron chi connectivity index (χ3n) is 3.24. The average molecular weight is 268 g/mol. The molecule has 18 heavy (non-hydrogen) atoms. The van der Waals surface area contributed by atoms with Crippen LogP contribution in [0.2, 0.25) is 0 Å². The zero-order chi connectivity index (χ0) is 12.9. The molecule has 0 aromatic carbocycles. The maximum absolute atomic E-state index is 5.64. The van der Waals surface area contributed by atoms with E-state index in [1.54, 1.807) is 11.3 Å². The Morgan fingerprint density at radius 2 is 1.50 bits per heavy atom. The van der Waals surface area contributed by atoms with Crippen LogP contribution in [0.1, 0.15) is 71.1 Å². The Labute approximate surface area is 117 Å². The summed E-state index contributed by atoms with van der Waals surface area (Å²) < 4.78 is 5.64. The van der Waals surface area contributed by atoms with Crippen molar-refractivity contribution in [3.05, 3.63) is 17.5 Å². The zero-order valence-corrected chi connectivity index (χ0v) is 12.6. The number of thiophene rings is 1. The molecule has 0 aliphatic heterocycles. The van der Waals surface area contributed by atoms with E-state index in [4.69, 9.17) is 4.74 Å². The molecule has 2 heteroatoms. The standard InChI is InChI=1S/C16H28OS/c1-2-3-4-5-6-7-8-9-10-11-14-17-16-13-12-15-18-16/h12-13,15H,2-11,14H2,1H3. The van der Waals surface area contributed by atoms with E-state index in [2.05, 4.69) is 12.3 Å². The number of ether oxygens (including phenoxy) is 1. The van der Waals surface area contributed by atoms with Crippen molar-refractivity contribution in [2.24, 2.45) is 0 Å². The smallest absolute Gasteiger partial charge is 0.173 e. The molecule has 1 aromatic heterocycles. The minimum atomic E-state index is 0.886. The van der Waals surface area contributed by atoms with Crippen molar-refractivity contribution in [1.82, 2.24) is 0 Å². The number of hydrogen-bond donors (Lipinski definition) is 0. The van der Waals surface area contributed by atoms with Crippen LogP contribution in [0.5, 0.6) is 5.06 Å². The molecule has 0 aliphatic rings. The van der Waals surface area contributed by atoms with Crippen LogP contribution >= 0.6 is 11.3 Å². The van der Waals surface area contributed by atoms with Crippen LogP contribution < -0.4 is 4.74 Å². The van der Waals surface area contributed by atoms with Crippen LogP contribution in [0.4, 0.5) is 0 Å². The maximum atomic E-state index is 5.64. The van der Waals surface area contributed by atoms with Gasteiger partial charge in [-0.2, -0.15) is 0 Å². The van der Waals surface area contributed by atoms with E-state index in [9.17, 15) is 0 Å². The summed E-state index contributed by atoms with van der Waals surface area (Å²) in [6, 6.07) is 4.08. The number of unbranched alkanes of at least 4 members (excludes halogenated alkanes) is 9. The first-order valence-electron chi connectivity index (χ1n) is 7.60. The van der Waals surface area contributed by atoms with Gasteiger partial charge < -0.3 is 4.74 Å². The Kier molecular flexibility index (Phi) is 10.0. The molecular weight excluding hydrogens is 240 g/mol. The van der Waals surface area contributed by atoms with E-state index in [-0.39, 0.29) is 0 Å². The Bertz CT molecular complexity index is 256. The molecule has 0 atom stereocenters. The van der Waals surface area contributed by atoms with E-state index in [0.29, 0.717) is 0 Å². The van der Waals surface area contributed by atoms with Crippen LogP contribution in [0.3, 0.4) is 0 Å². The van der Waals surface area contributed by atoms with Crippen molar-refractivity contribution in [3.8, 4) is 5.06 Å². The first kappa shape index (κ1) is 15.6. The van der Waals surface area contributed by atoms with E-state index < -0.39 is 0 Å². The molecule has 1 rings (SSSR count). The van der Waals surface area contributed by atoms with Crippen molar-refractivity contribution in [2.75, 3.05) is 6.61 Å². The van der Waals surface area contributed by atoms with E-state index in [1.165, 1.54) is 64.2 Å². The molecule has 0 spiro atoms. The van der Waals surface area contributed by atoms with Gasteiger partial charge in [-0.1, -0.05) is 64.7 Å². The Hall–Kier alpha value is -0.500. The van der Waals surface area contributed by atoms with Gasteiger partial charge in [-0.3, -0.25) is 0 Å². The van der Waals surface area contributed by atoms with Gasteiger partial charge >= 0.3 is 0 Å². The average Bonchev–Trinajstić information content (AvgIpc) is 2.89. The van der Waals surface area contributed by atoms with Gasteiger partial charge in [0.25, 0.3) is 0 Å². The van der Waals surface area contributed by atoms with Gasteiger partial charge in [-0.05, 0) is 23.9 Å². The Morgan fingerprint density at radius 1 is 0.889 bits per heavy atom. The molecule has 1 heterocycles. The highest BCUT2D eigenvalue weighted by atomic mass is 32.1. The summed E-state index contributed by atoms with van der Waals surface area (Å²) in [5.74, 6) is 0. The summed E-state index contributed by atoms with van der Waals surface area (Å²) in [5.41, 5.74) is 0. The van der Waals surface area contributed by atoms with Crippen molar-refractivity contribution in [1.29, 1.82) is 0 Å². The van der Waals surface area contributed by atoms with Crippen molar-refractivity contribution in [3.63, 3.8) is 0 Å². The van der Waals surface area contributed by atoms with Gasteiger partial charge in [0.1, 0.15) is 0 Å². The van der Waals surface area contributed by atoms with Crippen molar-refractivity contribution < 1.29 is 4.74 Å². The third-order valence-corrected chi connectivity index (χ3v) is 4.02. The summed E-state index contributed by atoms with van der Waals surface area (Å²) in [6.45, 7) is 3.16. The van der Waals surface area contributed by atoms with Gasteiger partial charge in [-0.15, -0.1) is 11.3 Å². The number of rotatable bonds is 12. The topological polar surface area (TPSA) is 9.23 Å². The fraction of sp³-hybridized carbons (Fsp3) is 0.750. The second kappa shape index (κ2) is 11.6. The molecule has 0 amide bonds. The van der Waals surface area contributed by atoms with Crippen LogP contribution in [-0.4, -0.2) is 6.61 Å². The van der Waals surface area contributed by atoms with Crippen LogP contribution in [0, 0.1) is 0 Å². The van der Waals surface area contributed by atoms with Crippen molar-refractivity contribution >= 4 is 11.3 Å². The monoisotopic (exact) mass is 268 g/mol. The summed E-state index contributed by atoms with van der Waals surface area (Å²) in [4.78, 5) is 0. The minimum absolute atomic E-state index is 0.886. The molecule has 0 N–H and O–H groups in total. The van der Waals surface area contributed by atoms with E-state index >= 15 is 0 Å². The lowest BCUT2D eigenvalue weighted by Crippen LogP contribution is -1.95. The molecule has 0 bridgehead atoms. The van der Waals surface area contributed by atoms with Gasteiger partial charge in [0.2, 0.25) is 0 Å². The van der Waals surface area contributed by atoms with E-state index in [0.717, 1.165) is 11.7 Å². The molecular formula is C16H28OS. The minimum Gasteiger partial charge on any atom is -0.484 e. The van der Waals surface area contributed by atoms with Crippen LogP contribution in [0.15, 0.2) is 17.5 Å². The van der Waals surface area contributed by atoms with Gasteiger partial charge in [0, 0.05) is 0 Å². The first-order chi connectivity index (χ1) is 8.93. The summed E-state index contributed by atoms with van der Waals surface area (Å²) >= 11 is 1.68. The van der Waals surface area contributed by atoms with Crippen LogP contribution in [-0.2, 0) is 0 Å². The summed E-state index contributed by atoms with van der Waals surface area (Å²) in [6.07, 6.45) is 13.8. The lowest BCUT2D eigenvalue weighted by atomic mass is 10.1. The molecule has 0 unspecified atom stereocenters. The van der Waals surface area contributed by atoms with E-state index in [1.807, 2.05) is 12.1 Å². The molecule has 0 aliphatic carbocycles. The fourth-order valence-electron chi connectivity index (χ4n) is 2.11. The van der Waals surface area contributed by atoms with Gasteiger partial charge in [0.15, 0.2) is 5.06 Å². The number of hydrogen-bond acceptors (Lipinski definition) is 2. The summed E-state index contributed by atoms with van der Waals surface area (Å²) in [7, 11) is 0. The normalized spacial score (nSPS) is 10.7. The summed E-state index contributed by atoms with van der Waals surface area (Å²) in [5, 5.41) is 3.12. The lowest BCUT2D eigenvalue weighted by molar-refractivity contribution is 0.312. The molecule has 0 radical (unpaired) electrons. The SMILES string of the molecule is CCCCCCCCCCCCOc1cccs1. The predicted molar refractivity (Wildman–Crippen MR) is 81.7 cm³/mol. The molecule has 1 aromatic rings. The highest BCUT2D eigenvalue weighted by Gasteiger charge is 1.95. The quantitative estimate of drug-likeness (QED) is 0.419. The predicted octanol–water partition coefficient (Wildman–Crippen LogP) is 6.05. The Balaban J connectivity index is 1.73. The first-order valence-corrected chi connectivity index (χ1v) is 8.47. The lowest BCUT2D eigenvalue weighted by Gasteiger charge is -2.03. The molecule has 0 saturated carbocycles. The zero-order valence-electron chi connectivity index (χ0n) is 11.8. The second-order valence-electron chi connectivity index (χ2n) is 4.96. The molecule has 1 nitrogen and oxygen atoms in total. The highest BCUT2D eigenvalue weighted by Crippen LogP contribution is 2.18. The Morgan fingerprint density at radius 3 is 2.06 bits per heavy atom. The highest BCUT2D eigenvalue weighted by molar-refractivity contribution is 7.11. The third kappa shape index (κ3) is 8.57. The van der Waals surface area contributed by atoms with Crippen molar-refractivity contribution in [2.45, 2.75) is 71.1 Å². The molecule has 104 valence electrons. The fourth-order valence-corrected chi connectivity index (χ4v) is 2.71. The largest absolute Gasteiger partial charge is 0.484 e.